The first-order chi connectivity index (χ1) is 13.6. The Morgan fingerprint density at radius 2 is 2.11 bits per heavy atom. The number of nitrogens with one attached hydrogen (secondary N) is 2. The zero-order valence-corrected chi connectivity index (χ0v) is 17.1. The van der Waals surface area contributed by atoms with E-state index in [1.54, 1.807) is 23.5 Å². The van der Waals surface area contributed by atoms with E-state index in [-0.39, 0.29) is 5.91 Å². The maximum atomic E-state index is 13.0. The number of likely N-dealkylation sites (tertiary alicyclic amines) is 1. The van der Waals surface area contributed by atoms with Crippen molar-refractivity contribution in [2.45, 2.75) is 13.5 Å². The quantitative estimate of drug-likeness (QED) is 0.676. The van der Waals surface area contributed by atoms with Crippen molar-refractivity contribution in [3.8, 4) is 0 Å². The first kappa shape index (κ1) is 18.1. The van der Waals surface area contributed by atoms with Gasteiger partial charge in [-0.05, 0) is 19.1 Å². The highest BCUT2D eigenvalue weighted by atomic mass is 35.5. The standard InChI is InChI=1S/C20H21ClN4O2S/c1-11-22-19-18(28-11)14(8-25-6-12-9-27-10-13(12)7-25)17(24-19)20(26)23-16-5-3-2-4-15(16)21/h2-5,12-13,24H,6-10H2,1H3,(H,23,26). The van der Waals surface area contributed by atoms with Crippen molar-refractivity contribution < 1.29 is 9.53 Å². The molecule has 2 aromatic heterocycles. The number of para-hydroxylation sites is 1. The van der Waals surface area contributed by atoms with E-state index in [9.17, 15) is 4.79 Å². The average molecular weight is 417 g/mol. The van der Waals surface area contributed by atoms with Crippen LogP contribution >= 0.6 is 22.9 Å². The molecule has 0 saturated carbocycles. The number of rotatable bonds is 4. The molecule has 0 aliphatic carbocycles. The molecule has 2 N–H and O–H groups in total. The van der Waals surface area contributed by atoms with Gasteiger partial charge >= 0.3 is 0 Å². The number of benzene rings is 1. The normalized spacial score (nSPS) is 22.1. The van der Waals surface area contributed by atoms with Gasteiger partial charge in [0.25, 0.3) is 5.91 Å². The molecule has 2 atom stereocenters. The SMILES string of the molecule is Cc1nc2[nH]c(C(=O)Nc3ccccc3Cl)c(CN3CC4COCC4C3)c2s1. The molecule has 2 unspecified atom stereocenters. The van der Waals surface area contributed by atoms with Crippen LogP contribution in [0.3, 0.4) is 0 Å². The average Bonchev–Trinajstić information content (AvgIpc) is 3.38. The summed E-state index contributed by atoms with van der Waals surface area (Å²) in [5, 5.41) is 4.45. The maximum Gasteiger partial charge on any atom is 0.272 e. The van der Waals surface area contributed by atoms with Gasteiger partial charge in [-0.15, -0.1) is 11.3 Å². The lowest BCUT2D eigenvalue weighted by Gasteiger charge is -2.17. The van der Waals surface area contributed by atoms with Gasteiger partial charge in [-0.2, -0.15) is 0 Å². The van der Waals surface area contributed by atoms with E-state index in [4.69, 9.17) is 16.3 Å². The van der Waals surface area contributed by atoms with E-state index in [2.05, 4.69) is 20.2 Å². The summed E-state index contributed by atoms with van der Waals surface area (Å²) in [6, 6.07) is 7.26. The fourth-order valence-corrected chi connectivity index (χ4v) is 5.35. The third-order valence-electron chi connectivity index (χ3n) is 5.60. The van der Waals surface area contributed by atoms with Crippen molar-refractivity contribution in [2.24, 2.45) is 11.8 Å². The van der Waals surface area contributed by atoms with E-state index >= 15 is 0 Å². The fraction of sp³-hybridized carbons (Fsp3) is 0.400. The summed E-state index contributed by atoms with van der Waals surface area (Å²) >= 11 is 7.84. The number of ether oxygens (including phenoxy) is 1. The first-order valence-corrected chi connectivity index (χ1v) is 10.6. The smallest absolute Gasteiger partial charge is 0.272 e. The van der Waals surface area contributed by atoms with E-state index in [0.29, 0.717) is 28.2 Å². The molecule has 1 aromatic carbocycles. The molecular formula is C20H21ClN4O2S. The summed E-state index contributed by atoms with van der Waals surface area (Å²) in [6.07, 6.45) is 0. The molecular weight excluding hydrogens is 396 g/mol. The van der Waals surface area contributed by atoms with Gasteiger partial charge in [-0.25, -0.2) is 4.98 Å². The molecule has 0 radical (unpaired) electrons. The van der Waals surface area contributed by atoms with Crippen LogP contribution in [0.4, 0.5) is 5.69 Å². The number of amides is 1. The van der Waals surface area contributed by atoms with Crippen LogP contribution in [-0.4, -0.2) is 47.1 Å². The van der Waals surface area contributed by atoms with Crippen LogP contribution in [0.25, 0.3) is 10.3 Å². The van der Waals surface area contributed by atoms with Crippen molar-refractivity contribution >= 4 is 44.9 Å². The van der Waals surface area contributed by atoms with Crippen LogP contribution in [0.15, 0.2) is 24.3 Å². The lowest BCUT2D eigenvalue weighted by Crippen LogP contribution is -2.24. The molecule has 6 nitrogen and oxygen atoms in total. The summed E-state index contributed by atoms with van der Waals surface area (Å²) in [4.78, 5) is 23.3. The third-order valence-corrected chi connectivity index (χ3v) is 6.96. The van der Waals surface area contributed by atoms with Gasteiger partial charge in [-0.1, -0.05) is 23.7 Å². The number of aromatic amines is 1. The van der Waals surface area contributed by atoms with Crippen LogP contribution in [0, 0.1) is 18.8 Å². The van der Waals surface area contributed by atoms with Crippen molar-refractivity contribution in [1.29, 1.82) is 0 Å². The molecule has 2 fully saturated rings. The number of halogens is 1. The number of fused-ring (bicyclic) bond motifs is 2. The van der Waals surface area contributed by atoms with Gasteiger partial charge in [0.15, 0.2) is 0 Å². The van der Waals surface area contributed by atoms with Gasteiger partial charge < -0.3 is 15.0 Å². The Morgan fingerprint density at radius 1 is 1.36 bits per heavy atom. The van der Waals surface area contributed by atoms with E-state index < -0.39 is 0 Å². The second kappa shape index (κ2) is 7.15. The van der Waals surface area contributed by atoms with Crippen LogP contribution in [0.5, 0.6) is 0 Å². The van der Waals surface area contributed by atoms with Crippen LogP contribution in [0.2, 0.25) is 5.02 Å². The summed E-state index contributed by atoms with van der Waals surface area (Å²) < 4.78 is 6.66. The molecule has 1 amide bonds. The molecule has 0 spiro atoms. The minimum absolute atomic E-state index is 0.186. The molecule has 2 saturated heterocycles. The second-order valence-corrected chi connectivity index (χ2v) is 9.19. The van der Waals surface area contributed by atoms with Gasteiger partial charge in [0, 0.05) is 37.0 Å². The molecule has 5 rings (SSSR count). The Hall–Kier alpha value is -1.93. The minimum Gasteiger partial charge on any atom is -0.381 e. The van der Waals surface area contributed by atoms with Gasteiger partial charge in [0.1, 0.15) is 11.3 Å². The van der Waals surface area contributed by atoms with Crippen molar-refractivity contribution in [2.75, 3.05) is 31.6 Å². The third kappa shape index (κ3) is 3.22. The summed E-state index contributed by atoms with van der Waals surface area (Å²) in [6.45, 7) is 6.46. The Balaban J connectivity index is 1.45. The number of aromatic nitrogens is 2. The fourth-order valence-electron chi connectivity index (χ4n) is 4.25. The highest BCUT2D eigenvalue weighted by Gasteiger charge is 2.37. The summed E-state index contributed by atoms with van der Waals surface area (Å²) in [5.41, 5.74) is 2.98. The number of anilines is 1. The second-order valence-electron chi connectivity index (χ2n) is 7.57. The number of hydrogen-bond acceptors (Lipinski definition) is 5. The number of carbonyl (C=O) groups is 1. The zero-order chi connectivity index (χ0) is 19.3. The molecule has 4 heterocycles. The molecule has 146 valence electrons. The molecule has 2 aliphatic heterocycles. The van der Waals surface area contributed by atoms with Crippen LogP contribution in [0.1, 0.15) is 21.1 Å². The van der Waals surface area contributed by atoms with Crippen molar-refractivity contribution in [3.63, 3.8) is 0 Å². The highest BCUT2D eigenvalue weighted by Crippen LogP contribution is 2.34. The Morgan fingerprint density at radius 3 is 2.86 bits per heavy atom. The number of carbonyl (C=O) groups excluding carboxylic acids is 1. The van der Waals surface area contributed by atoms with E-state index in [1.165, 1.54) is 0 Å². The molecule has 28 heavy (non-hydrogen) atoms. The predicted octanol–water partition coefficient (Wildman–Crippen LogP) is 3.92. The molecule has 3 aromatic rings. The summed E-state index contributed by atoms with van der Waals surface area (Å²) in [5.74, 6) is 1.03. The van der Waals surface area contributed by atoms with Crippen LogP contribution in [-0.2, 0) is 11.3 Å². The topological polar surface area (TPSA) is 70.2 Å². The number of nitrogens with zero attached hydrogens (tertiary/aromatic N) is 2. The van der Waals surface area contributed by atoms with Gasteiger partial charge in [-0.3, -0.25) is 9.69 Å². The largest absolute Gasteiger partial charge is 0.381 e. The number of thiazole rings is 1. The predicted molar refractivity (Wildman–Crippen MR) is 111 cm³/mol. The zero-order valence-electron chi connectivity index (χ0n) is 15.5. The lowest BCUT2D eigenvalue weighted by molar-refractivity contribution is 0.102. The monoisotopic (exact) mass is 416 g/mol. The highest BCUT2D eigenvalue weighted by molar-refractivity contribution is 7.18. The van der Waals surface area contributed by atoms with Gasteiger partial charge in [0.2, 0.25) is 0 Å². The molecule has 2 aliphatic rings. The summed E-state index contributed by atoms with van der Waals surface area (Å²) in [7, 11) is 0. The Labute approximate surface area is 171 Å². The van der Waals surface area contributed by atoms with Crippen LogP contribution < -0.4 is 5.32 Å². The molecule has 8 heteroatoms. The van der Waals surface area contributed by atoms with Crippen molar-refractivity contribution in [3.05, 3.63) is 45.6 Å². The first-order valence-electron chi connectivity index (χ1n) is 9.42. The van der Waals surface area contributed by atoms with Gasteiger partial charge in [0.05, 0.1) is 33.6 Å². The minimum atomic E-state index is -0.186. The lowest BCUT2D eigenvalue weighted by atomic mass is 10.0. The Kier molecular flexibility index (Phi) is 4.63. The number of H-pyrrole nitrogens is 1. The van der Waals surface area contributed by atoms with E-state index in [0.717, 1.165) is 53.8 Å². The van der Waals surface area contributed by atoms with Crippen molar-refractivity contribution in [1.82, 2.24) is 14.9 Å². The van der Waals surface area contributed by atoms with E-state index in [1.807, 2.05) is 19.1 Å². The number of aryl methyl sites for hydroxylation is 1. The Bertz CT molecular complexity index is 1030. The molecule has 0 bridgehead atoms. The maximum absolute atomic E-state index is 13.0. The number of hydrogen-bond donors (Lipinski definition) is 2.